The van der Waals surface area contributed by atoms with E-state index in [1.165, 1.54) is 12.3 Å². The predicted molar refractivity (Wildman–Crippen MR) is 135 cm³/mol. The first-order valence-electron chi connectivity index (χ1n) is 11.8. The van der Waals surface area contributed by atoms with Gasteiger partial charge >= 0.3 is 6.09 Å². The second kappa shape index (κ2) is 10.4. The molecule has 0 bridgehead atoms. The number of rotatable bonds is 7. The molecular formula is C25H37FN4O3Si. The number of hydrogen-bond donors (Lipinski definition) is 0. The molecule has 0 unspecified atom stereocenters. The fourth-order valence-corrected chi connectivity index (χ4v) is 4.50. The van der Waals surface area contributed by atoms with Crippen molar-refractivity contribution in [3.05, 3.63) is 41.6 Å². The molecule has 3 heterocycles. The van der Waals surface area contributed by atoms with Crippen LogP contribution in [0.5, 0.6) is 0 Å². The average Bonchev–Trinajstić information content (AvgIpc) is 3.13. The molecule has 0 N–H and O–H groups in total. The van der Waals surface area contributed by atoms with E-state index in [9.17, 15) is 9.18 Å². The van der Waals surface area contributed by atoms with Gasteiger partial charge in [-0.05, 0) is 63.4 Å². The summed E-state index contributed by atoms with van der Waals surface area (Å²) in [6.07, 6.45) is 3.40. The molecule has 34 heavy (non-hydrogen) atoms. The maximum absolute atomic E-state index is 13.5. The first-order chi connectivity index (χ1) is 15.8. The van der Waals surface area contributed by atoms with Crippen molar-refractivity contribution in [3.63, 3.8) is 0 Å². The molecule has 0 aromatic carbocycles. The molecular weight excluding hydrogens is 451 g/mol. The second-order valence-electron chi connectivity index (χ2n) is 11.0. The molecule has 1 aliphatic rings. The number of carbonyl (C=O) groups is 1. The third kappa shape index (κ3) is 6.99. The lowest BCUT2D eigenvalue weighted by molar-refractivity contribution is 0.0264. The lowest BCUT2D eigenvalue weighted by Gasteiger charge is -2.32. The lowest BCUT2D eigenvalue weighted by atomic mass is 9.99. The van der Waals surface area contributed by atoms with Gasteiger partial charge in [-0.3, -0.25) is 4.57 Å². The van der Waals surface area contributed by atoms with Crippen LogP contribution in [0.4, 0.5) is 9.18 Å². The Hall–Kier alpha value is -2.52. The Bertz CT molecular complexity index is 1040. The van der Waals surface area contributed by atoms with E-state index < -0.39 is 13.7 Å². The van der Waals surface area contributed by atoms with E-state index in [0.717, 1.165) is 22.9 Å². The predicted octanol–water partition coefficient (Wildman–Crippen LogP) is 5.81. The normalized spacial score (nSPS) is 15.1. The van der Waals surface area contributed by atoms with Gasteiger partial charge in [0.15, 0.2) is 5.82 Å². The fourth-order valence-electron chi connectivity index (χ4n) is 3.74. The van der Waals surface area contributed by atoms with E-state index in [1.54, 1.807) is 11.0 Å². The molecule has 0 saturated heterocycles. The van der Waals surface area contributed by atoms with Gasteiger partial charge in [-0.1, -0.05) is 19.6 Å². The van der Waals surface area contributed by atoms with Crippen molar-refractivity contribution in [2.75, 3.05) is 19.7 Å². The lowest BCUT2D eigenvalue weighted by Crippen LogP contribution is -2.40. The standard InChI is InChI=1S/C25H37FN4O3Si/c1-18-16-29(24(31)33-25(2,3)4)11-10-20(18)22-15-28-23(21-9-8-19(26)14-27-21)30(22)17-32-12-13-34(5,6)7/h8-9,14-15H,10-13,16-17H2,1-7H3. The number of imidazole rings is 1. The van der Waals surface area contributed by atoms with Gasteiger partial charge in [-0.25, -0.2) is 19.2 Å². The van der Waals surface area contributed by atoms with Crippen LogP contribution >= 0.6 is 0 Å². The average molecular weight is 489 g/mol. The Kier molecular flexibility index (Phi) is 7.97. The first kappa shape index (κ1) is 26.1. The Balaban J connectivity index is 1.87. The van der Waals surface area contributed by atoms with Crippen LogP contribution in [-0.4, -0.2) is 58.9 Å². The summed E-state index contributed by atoms with van der Waals surface area (Å²) in [4.78, 5) is 23.1. The number of amides is 1. The van der Waals surface area contributed by atoms with Gasteiger partial charge in [0, 0.05) is 27.8 Å². The highest BCUT2D eigenvalue weighted by atomic mass is 28.3. The van der Waals surface area contributed by atoms with Crippen LogP contribution in [-0.2, 0) is 16.2 Å². The van der Waals surface area contributed by atoms with E-state index >= 15 is 0 Å². The molecule has 9 heteroatoms. The van der Waals surface area contributed by atoms with Gasteiger partial charge in [-0.15, -0.1) is 0 Å². The topological polar surface area (TPSA) is 69.5 Å². The molecule has 7 nitrogen and oxygen atoms in total. The summed E-state index contributed by atoms with van der Waals surface area (Å²) < 4.78 is 27.1. The second-order valence-corrected chi connectivity index (χ2v) is 16.6. The number of ether oxygens (including phenoxy) is 2. The van der Waals surface area contributed by atoms with Crippen LogP contribution in [0.25, 0.3) is 17.1 Å². The van der Waals surface area contributed by atoms with E-state index in [4.69, 9.17) is 9.47 Å². The largest absolute Gasteiger partial charge is 0.444 e. The van der Waals surface area contributed by atoms with E-state index in [-0.39, 0.29) is 11.9 Å². The minimum absolute atomic E-state index is 0.301. The molecule has 0 atom stereocenters. The van der Waals surface area contributed by atoms with Crippen molar-refractivity contribution < 1.29 is 18.7 Å². The van der Waals surface area contributed by atoms with Gasteiger partial charge in [0.25, 0.3) is 0 Å². The Morgan fingerprint density at radius 2 is 1.91 bits per heavy atom. The summed E-state index contributed by atoms with van der Waals surface area (Å²) in [7, 11) is -1.22. The van der Waals surface area contributed by atoms with E-state index in [1.807, 2.05) is 38.5 Å². The molecule has 0 aliphatic carbocycles. The van der Waals surface area contributed by atoms with Crippen molar-refractivity contribution in [2.45, 2.75) is 72.1 Å². The quantitative estimate of drug-likeness (QED) is 0.363. The molecule has 1 amide bonds. The smallest absolute Gasteiger partial charge is 0.410 e. The monoisotopic (exact) mass is 488 g/mol. The van der Waals surface area contributed by atoms with E-state index in [0.29, 0.717) is 44.4 Å². The molecule has 0 fully saturated rings. The molecule has 1 aliphatic heterocycles. The fraction of sp³-hybridized carbons (Fsp3) is 0.560. The zero-order chi connectivity index (χ0) is 25.1. The Labute approximate surface area is 203 Å². The first-order valence-corrected chi connectivity index (χ1v) is 15.5. The summed E-state index contributed by atoms with van der Waals surface area (Å²) in [5.41, 5.74) is 3.22. The summed E-state index contributed by atoms with van der Waals surface area (Å²) in [6, 6.07) is 4.08. The maximum Gasteiger partial charge on any atom is 0.410 e. The minimum Gasteiger partial charge on any atom is -0.444 e. The van der Waals surface area contributed by atoms with Crippen LogP contribution in [0.1, 0.15) is 39.8 Å². The Morgan fingerprint density at radius 1 is 1.18 bits per heavy atom. The summed E-state index contributed by atoms with van der Waals surface area (Å²) in [5, 5.41) is 0. The van der Waals surface area contributed by atoms with Gasteiger partial charge < -0.3 is 14.4 Å². The van der Waals surface area contributed by atoms with Gasteiger partial charge in [0.2, 0.25) is 0 Å². The number of nitrogens with zero attached hydrogens (tertiary/aromatic N) is 4. The number of pyridine rings is 1. The number of carbonyl (C=O) groups excluding carboxylic acids is 1. The van der Waals surface area contributed by atoms with Crippen molar-refractivity contribution in [1.29, 1.82) is 0 Å². The van der Waals surface area contributed by atoms with Gasteiger partial charge in [-0.2, -0.15) is 0 Å². The molecule has 0 spiro atoms. The maximum atomic E-state index is 13.5. The van der Waals surface area contributed by atoms with Crippen LogP contribution in [0.2, 0.25) is 25.7 Å². The van der Waals surface area contributed by atoms with Gasteiger partial charge in [0.05, 0.1) is 18.1 Å². The zero-order valence-corrected chi connectivity index (χ0v) is 22.4. The van der Waals surface area contributed by atoms with Crippen molar-refractivity contribution in [3.8, 4) is 11.5 Å². The molecule has 2 aromatic heterocycles. The van der Waals surface area contributed by atoms with Gasteiger partial charge in [0.1, 0.15) is 23.8 Å². The SMILES string of the molecule is CC1=C(c2cnc(-c3ccc(F)cn3)n2COCC[Si](C)(C)C)CCN(C(=O)OC(C)(C)C)C1. The van der Waals surface area contributed by atoms with Crippen LogP contribution in [0.15, 0.2) is 30.1 Å². The molecule has 0 radical (unpaired) electrons. The number of aromatic nitrogens is 3. The van der Waals surface area contributed by atoms with Crippen molar-refractivity contribution in [2.24, 2.45) is 0 Å². The highest BCUT2D eigenvalue weighted by Crippen LogP contribution is 2.31. The highest BCUT2D eigenvalue weighted by Gasteiger charge is 2.28. The van der Waals surface area contributed by atoms with Crippen LogP contribution in [0.3, 0.4) is 0 Å². The summed E-state index contributed by atoms with van der Waals surface area (Å²) >= 11 is 0. The van der Waals surface area contributed by atoms with Crippen molar-refractivity contribution >= 4 is 19.7 Å². The number of halogens is 1. The van der Waals surface area contributed by atoms with Crippen LogP contribution < -0.4 is 0 Å². The highest BCUT2D eigenvalue weighted by molar-refractivity contribution is 6.76. The molecule has 0 saturated carbocycles. The molecule has 3 rings (SSSR count). The van der Waals surface area contributed by atoms with Crippen molar-refractivity contribution in [1.82, 2.24) is 19.4 Å². The minimum atomic E-state index is -1.22. The molecule has 186 valence electrons. The number of hydrogen-bond acceptors (Lipinski definition) is 5. The van der Waals surface area contributed by atoms with E-state index in [2.05, 4.69) is 29.6 Å². The summed E-state index contributed by atoms with van der Waals surface area (Å²) in [5.74, 6) is 0.249. The third-order valence-electron chi connectivity index (χ3n) is 5.56. The van der Waals surface area contributed by atoms with Crippen LogP contribution in [0, 0.1) is 5.82 Å². The third-order valence-corrected chi connectivity index (χ3v) is 7.27. The zero-order valence-electron chi connectivity index (χ0n) is 21.4. The Morgan fingerprint density at radius 3 is 2.50 bits per heavy atom. The summed E-state index contributed by atoms with van der Waals surface area (Å²) in [6.45, 7) is 16.7. The molecule has 2 aromatic rings.